The van der Waals surface area contributed by atoms with Gasteiger partial charge >= 0.3 is 5.97 Å². The van der Waals surface area contributed by atoms with Gasteiger partial charge in [-0.15, -0.1) is 0 Å². The number of aliphatic hydroxyl groups is 3. The van der Waals surface area contributed by atoms with Crippen molar-refractivity contribution in [3.8, 4) is 0 Å². The Morgan fingerprint density at radius 1 is 1.09 bits per heavy atom. The minimum atomic E-state index is -4.63. The average Bonchev–Trinajstić information content (AvgIpc) is 3.06. The Morgan fingerprint density at radius 2 is 1.76 bits per heavy atom. The molecule has 0 aromatic carbocycles. The first-order valence-electron chi connectivity index (χ1n) is 12.4. The second-order valence-electron chi connectivity index (χ2n) is 12.1. The van der Waals surface area contributed by atoms with Crippen molar-refractivity contribution < 1.29 is 38.2 Å². The van der Waals surface area contributed by atoms with Gasteiger partial charge in [-0.2, -0.15) is 8.42 Å². The summed E-state index contributed by atoms with van der Waals surface area (Å²) in [5.41, 5.74) is -0.733. The molecule has 4 aliphatic carbocycles. The second kappa shape index (κ2) is 8.15. The Labute approximate surface area is 196 Å². The van der Waals surface area contributed by atoms with E-state index < -0.39 is 38.6 Å². The molecule has 0 aliphatic heterocycles. The third kappa shape index (κ3) is 3.77. The number of carbonyl (C=O) groups is 1. The molecular weight excluding hydrogens is 448 g/mol. The van der Waals surface area contributed by atoms with E-state index in [2.05, 4.69) is 20.8 Å². The van der Waals surface area contributed by atoms with Gasteiger partial charge in [0.2, 0.25) is 0 Å². The van der Waals surface area contributed by atoms with Gasteiger partial charge in [-0.25, -0.2) is 0 Å². The maximum atomic E-state index is 11.9. The molecule has 4 fully saturated rings. The van der Waals surface area contributed by atoms with Crippen LogP contribution in [0.5, 0.6) is 0 Å². The van der Waals surface area contributed by atoms with Crippen LogP contribution in [0.2, 0.25) is 0 Å². The van der Waals surface area contributed by atoms with E-state index in [0.717, 1.165) is 12.8 Å². The quantitative estimate of drug-likeness (QED) is 0.370. The van der Waals surface area contributed by atoms with Gasteiger partial charge in [0.1, 0.15) is 0 Å². The molecule has 9 heteroatoms. The molecule has 0 unspecified atom stereocenters. The number of carboxylic acids is 1. The number of aliphatic hydroxyl groups excluding tert-OH is 2. The SMILES string of the molecule is C[C@H](CCC(=O)O)[C@H]1CC[C@H]2[C@@H]3[C@H](O)C[C@@H]4C[C@@](O)(S(=O)(=O)O)CC[C@]4(C)[C@H]3C[C@H](O)[C@]12C. The zero-order valence-corrected chi connectivity index (χ0v) is 20.7. The molecule has 0 amide bonds. The second-order valence-corrected chi connectivity index (χ2v) is 13.8. The lowest BCUT2D eigenvalue weighted by Gasteiger charge is -2.64. The summed E-state index contributed by atoms with van der Waals surface area (Å²) in [6.07, 6.45) is 2.35. The van der Waals surface area contributed by atoms with Gasteiger partial charge in [-0.05, 0) is 97.7 Å². The van der Waals surface area contributed by atoms with Gasteiger partial charge in [0, 0.05) is 6.42 Å². The molecule has 33 heavy (non-hydrogen) atoms. The normalized spacial score (nSPS) is 50.7. The zero-order valence-electron chi connectivity index (χ0n) is 19.9. The molecule has 0 spiro atoms. The first kappa shape index (κ1) is 25.4. The monoisotopic (exact) mass is 488 g/mol. The number of fused-ring (bicyclic) bond motifs is 5. The van der Waals surface area contributed by atoms with E-state index in [1.54, 1.807) is 0 Å². The van der Waals surface area contributed by atoms with Gasteiger partial charge < -0.3 is 20.4 Å². The minimum absolute atomic E-state index is 0.00153. The number of hydrogen-bond acceptors (Lipinski definition) is 6. The molecule has 4 rings (SSSR count). The summed E-state index contributed by atoms with van der Waals surface area (Å²) in [7, 11) is -4.63. The maximum Gasteiger partial charge on any atom is 0.303 e. The molecule has 0 saturated heterocycles. The Balaban J connectivity index is 1.62. The van der Waals surface area contributed by atoms with Crippen LogP contribution in [0.4, 0.5) is 0 Å². The Hall–Kier alpha value is -0.740. The van der Waals surface area contributed by atoms with E-state index >= 15 is 0 Å². The van der Waals surface area contributed by atoms with Crippen LogP contribution in [0.25, 0.3) is 0 Å². The van der Waals surface area contributed by atoms with E-state index in [9.17, 15) is 33.1 Å². The summed E-state index contributed by atoms with van der Waals surface area (Å²) >= 11 is 0. The molecular formula is C24H40O8S. The van der Waals surface area contributed by atoms with Gasteiger partial charge in [-0.3, -0.25) is 9.35 Å². The molecule has 0 radical (unpaired) electrons. The van der Waals surface area contributed by atoms with E-state index in [1.807, 2.05) is 0 Å². The van der Waals surface area contributed by atoms with E-state index in [1.165, 1.54) is 0 Å². The Kier molecular flexibility index (Phi) is 6.26. The lowest BCUT2D eigenvalue weighted by molar-refractivity contribution is -0.209. The average molecular weight is 489 g/mol. The highest BCUT2D eigenvalue weighted by molar-refractivity contribution is 7.87. The summed E-state index contributed by atoms with van der Waals surface area (Å²) in [5.74, 6) is -0.644. The third-order valence-corrected chi connectivity index (χ3v) is 12.2. The van der Waals surface area contributed by atoms with Crippen LogP contribution >= 0.6 is 0 Å². The topological polar surface area (TPSA) is 152 Å². The highest BCUT2D eigenvalue weighted by Gasteiger charge is 2.67. The molecule has 0 heterocycles. The molecule has 5 N–H and O–H groups in total. The van der Waals surface area contributed by atoms with Crippen molar-refractivity contribution in [2.75, 3.05) is 0 Å². The van der Waals surface area contributed by atoms with Crippen molar-refractivity contribution in [3.63, 3.8) is 0 Å². The summed E-state index contributed by atoms with van der Waals surface area (Å²) in [6, 6.07) is 0. The molecule has 190 valence electrons. The van der Waals surface area contributed by atoms with Crippen LogP contribution in [-0.4, -0.2) is 56.5 Å². The van der Waals surface area contributed by atoms with Gasteiger partial charge in [0.15, 0.2) is 4.93 Å². The van der Waals surface area contributed by atoms with E-state index in [0.29, 0.717) is 25.7 Å². The standard InChI is InChI=1S/C24H40O8S/c1-13(4-7-20(27)28)15-5-6-16-21-17(11-19(26)23(15,16)3)22(2)8-9-24(29,33(30,31)32)12-14(22)10-18(21)25/h13-19,21,25-26,29H,4-12H2,1-3H3,(H,27,28)(H,30,31,32)/t13-,14-,15-,16+,17+,18-,19+,21+,22+,23-,24+/m1/s1. The minimum Gasteiger partial charge on any atom is -0.481 e. The maximum absolute atomic E-state index is 11.9. The van der Waals surface area contributed by atoms with E-state index in [4.69, 9.17) is 5.11 Å². The van der Waals surface area contributed by atoms with Crippen LogP contribution in [0.1, 0.15) is 78.6 Å². The van der Waals surface area contributed by atoms with Crippen molar-refractivity contribution in [2.24, 2.45) is 46.3 Å². The summed E-state index contributed by atoms with van der Waals surface area (Å²) < 4.78 is 33.3. The van der Waals surface area contributed by atoms with Crippen LogP contribution < -0.4 is 0 Å². The number of hydrogen-bond donors (Lipinski definition) is 5. The first-order valence-corrected chi connectivity index (χ1v) is 13.9. The number of carboxylic acid groups (broad SMARTS) is 1. The Morgan fingerprint density at radius 3 is 2.36 bits per heavy atom. The van der Waals surface area contributed by atoms with Gasteiger partial charge in [-0.1, -0.05) is 20.8 Å². The fourth-order valence-electron chi connectivity index (χ4n) is 8.90. The van der Waals surface area contributed by atoms with E-state index in [-0.39, 0.29) is 60.2 Å². The van der Waals surface area contributed by atoms with Crippen molar-refractivity contribution >= 4 is 16.1 Å². The van der Waals surface area contributed by atoms with Crippen LogP contribution in [0.3, 0.4) is 0 Å². The lowest BCUT2D eigenvalue weighted by atomic mass is 9.43. The van der Waals surface area contributed by atoms with Crippen molar-refractivity contribution in [2.45, 2.75) is 95.7 Å². The van der Waals surface area contributed by atoms with Gasteiger partial charge in [0.25, 0.3) is 10.1 Å². The molecule has 0 bridgehead atoms. The smallest absolute Gasteiger partial charge is 0.303 e. The molecule has 0 aromatic rings. The highest BCUT2D eigenvalue weighted by Crippen LogP contribution is 2.69. The van der Waals surface area contributed by atoms with Crippen LogP contribution in [0.15, 0.2) is 0 Å². The van der Waals surface area contributed by atoms with Crippen molar-refractivity contribution in [1.29, 1.82) is 0 Å². The lowest BCUT2D eigenvalue weighted by Crippen LogP contribution is -2.63. The molecule has 0 aromatic heterocycles. The predicted octanol–water partition coefficient (Wildman–Crippen LogP) is 2.66. The summed E-state index contributed by atoms with van der Waals surface area (Å²) in [4.78, 5) is 8.92. The molecule has 4 saturated carbocycles. The van der Waals surface area contributed by atoms with Crippen LogP contribution in [-0.2, 0) is 14.9 Å². The van der Waals surface area contributed by atoms with Crippen molar-refractivity contribution in [1.82, 2.24) is 0 Å². The fraction of sp³-hybridized carbons (Fsp3) is 0.958. The highest BCUT2D eigenvalue weighted by atomic mass is 32.2. The molecule has 4 aliphatic rings. The molecule has 11 atom stereocenters. The Bertz CT molecular complexity index is 891. The van der Waals surface area contributed by atoms with Crippen molar-refractivity contribution in [3.05, 3.63) is 0 Å². The molecule has 8 nitrogen and oxygen atoms in total. The fourth-order valence-corrected chi connectivity index (χ4v) is 9.67. The number of aliphatic carboxylic acids is 1. The third-order valence-electron chi connectivity index (χ3n) is 10.9. The zero-order chi connectivity index (χ0) is 24.6. The summed E-state index contributed by atoms with van der Waals surface area (Å²) in [5, 5.41) is 42.6. The van der Waals surface area contributed by atoms with Crippen LogP contribution in [0, 0.1) is 46.3 Å². The largest absolute Gasteiger partial charge is 0.481 e. The first-order chi connectivity index (χ1) is 15.1. The predicted molar refractivity (Wildman–Crippen MR) is 121 cm³/mol. The summed E-state index contributed by atoms with van der Waals surface area (Å²) in [6.45, 7) is 6.29. The van der Waals surface area contributed by atoms with Gasteiger partial charge in [0.05, 0.1) is 12.2 Å². The number of rotatable bonds is 5.